The summed E-state index contributed by atoms with van der Waals surface area (Å²) < 4.78 is 28.2. The third-order valence-electron chi connectivity index (χ3n) is 2.95. The Balaban J connectivity index is 1.79. The van der Waals surface area contributed by atoms with Crippen molar-refractivity contribution in [1.82, 2.24) is 14.6 Å². The predicted octanol–water partition coefficient (Wildman–Crippen LogP) is 1.57. The van der Waals surface area contributed by atoms with Crippen LogP contribution in [0.25, 0.3) is 4.96 Å². The fourth-order valence-corrected chi connectivity index (χ4v) is 2.71. The van der Waals surface area contributed by atoms with Crippen molar-refractivity contribution in [3.05, 3.63) is 58.0 Å². The first-order valence-corrected chi connectivity index (χ1v) is 7.08. The minimum Gasteiger partial charge on any atom is -0.386 e. The van der Waals surface area contributed by atoms with Gasteiger partial charge in [-0.2, -0.15) is 4.52 Å². The van der Waals surface area contributed by atoms with Crippen molar-refractivity contribution in [1.29, 1.82) is 0 Å². The average molecular weight is 324 g/mol. The Morgan fingerprint density at radius 3 is 2.73 bits per heavy atom. The summed E-state index contributed by atoms with van der Waals surface area (Å²) in [5.41, 5.74) is -0.749. The van der Waals surface area contributed by atoms with Crippen molar-refractivity contribution in [2.24, 2.45) is 0 Å². The van der Waals surface area contributed by atoms with Crippen LogP contribution in [-0.2, 0) is 0 Å². The Bertz CT molecular complexity index is 860. The average Bonchev–Trinajstić information content (AvgIpc) is 2.89. The standard InChI is InChI=1S/C13H10F2N4O2S/c14-7-2-1-3-8(15)11(7)9(20)6-17-12-18-19-10(21)4-5-16-13(19)22-12/h1-5,9,20H,6H2,(H,17,18). The fourth-order valence-electron chi connectivity index (χ4n) is 1.93. The van der Waals surface area contributed by atoms with Gasteiger partial charge in [0.2, 0.25) is 10.1 Å². The van der Waals surface area contributed by atoms with Gasteiger partial charge in [0.15, 0.2) is 0 Å². The number of hydrogen-bond donors (Lipinski definition) is 2. The summed E-state index contributed by atoms with van der Waals surface area (Å²) in [6.07, 6.45) is -0.0266. The van der Waals surface area contributed by atoms with Crippen LogP contribution < -0.4 is 10.9 Å². The Hall–Kier alpha value is -2.39. The lowest BCUT2D eigenvalue weighted by atomic mass is 10.1. The minimum absolute atomic E-state index is 0.160. The second kappa shape index (κ2) is 5.78. The zero-order valence-corrected chi connectivity index (χ0v) is 11.8. The van der Waals surface area contributed by atoms with E-state index in [1.165, 1.54) is 18.3 Å². The van der Waals surface area contributed by atoms with Crippen LogP contribution in [0.2, 0.25) is 0 Å². The lowest BCUT2D eigenvalue weighted by Gasteiger charge is -2.12. The van der Waals surface area contributed by atoms with Gasteiger partial charge in [-0.15, -0.1) is 5.10 Å². The number of aliphatic hydroxyl groups excluding tert-OH is 1. The van der Waals surface area contributed by atoms with E-state index in [0.29, 0.717) is 10.1 Å². The fraction of sp³-hybridized carbons (Fsp3) is 0.154. The van der Waals surface area contributed by atoms with Gasteiger partial charge < -0.3 is 10.4 Å². The third-order valence-corrected chi connectivity index (χ3v) is 3.83. The second-order valence-electron chi connectivity index (χ2n) is 4.42. The van der Waals surface area contributed by atoms with Gasteiger partial charge in [-0.3, -0.25) is 4.79 Å². The summed E-state index contributed by atoms with van der Waals surface area (Å²) in [5.74, 6) is -1.65. The van der Waals surface area contributed by atoms with E-state index < -0.39 is 23.3 Å². The minimum atomic E-state index is -1.39. The maximum atomic E-state index is 13.6. The van der Waals surface area contributed by atoms with Crippen LogP contribution in [0.1, 0.15) is 11.7 Å². The van der Waals surface area contributed by atoms with Gasteiger partial charge in [0, 0.05) is 18.8 Å². The molecule has 0 fully saturated rings. The van der Waals surface area contributed by atoms with Crippen molar-refractivity contribution in [3.8, 4) is 0 Å². The van der Waals surface area contributed by atoms with Crippen molar-refractivity contribution < 1.29 is 13.9 Å². The van der Waals surface area contributed by atoms with Crippen LogP contribution >= 0.6 is 11.3 Å². The molecule has 0 spiro atoms. The zero-order valence-electron chi connectivity index (χ0n) is 11.0. The summed E-state index contributed by atoms with van der Waals surface area (Å²) in [4.78, 5) is 15.9. The largest absolute Gasteiger partial charge is 0.386 e. The van der Waals surface area contributed by atoms with E-state index in [2.05, 4.69) is 15.4 Å². The molecule has 0 aliphatic carbocycles. The first kappa shape index (κ1) is 14.5. The van der Waals surface area contributed by atoms with Crippen LogP contribution in [0.15, 0.2) is 35.3 Å². The molecule has 0 saturated heterocycles. The van der Waals surface area contributed by atoms with E-state index in [-0.39, 0.29) is 12.1 Å². The second-order valence-corrected chi connectivity index (χ2v) is 5.37. The van der Waals surface area contributed by atoms with Crippen molar-refractivity contribution in [3.63, 3.8) is 0 Å². The number of aromatic nitrogens is 3. The Kier molecular flexibility index (Phi) is 3.82. The molecule has 2 N–H and O–H groups in total. The van der Waals surface area contributed by atoms with Gasteiger partial charge in [-0.1, -0.05) is 17.4 Å². The molecule has 2 aromatic heterocycles. The number of fused-ring (bicyclic) bond motifs is 1. The van der Waals surface area contributed by atoms with Gasteiger partial charge in [-0.25, -0.2) is 13.8 Å². The van der Waals surface area contributed by atoms with Crippen LogP contribution in [0, 0.1) is 11.6 Å². The number of aliphatic hydroxyl groups is 1. The molecule has 3 rings (SSSR count). The van der Waals surface area contributed by atoms with Gasteiger partial charge in [0.25, 0.3) is 5.56 Å². The number of halogens is 2. The summed E-state index contributed by atoms with van der Waals surface area (Å²) in [7, 11) is 0. The van der Waals surface area contributed by atoms with E-state index in [1.807, 2.05) is 0 Å². The topological polar surface area (TPSA) is 79.5 Å². The molecule has 0 aliphatic heterocycles. The van der Waals surface area contributed by atoms with Crippen LogP contribution in [0.3, 0.4) is 0 Å². The first-order chi connectivity index (χ1) is 10.6. The molecule has 1 unspecified atom stereocenters. The maximum absolute atomic E-state index is 13.6. The Labute approximate surface area is 126 Å². The smallest absolute Gasteiger partial charge is 0.275 e. The molecule has 0 aliphatic rings. The number of benzene rings is 1. The zero-order chi connectivity index (χ0) is 15.7. The number of anilines is 1. The highest BCUT2D eigenvalue weighted by atomic mass is 32.1. The van der Waals surface area contributed by atoms with Gasteiger partial charge in [0.1, 0.15) is 17.7 Å². The SMILES string of the molecule is O=c1ccnc2sc(NCC(O)c3c(F)cccc3F)nn12. The molecule has 6 nitrogen and oxygen atoms in total. The van der Waals surface area contributed by atoms with Crippen LogP contribution in [0.5, 0.6) is 0 Å². The van der Waals surface area contributed by atoms with E-state index in [4.69, 9.17) is 0 Å². The molecule has 3 aromatic rings. The van der Waals surface area contributed by atoms with Crippen molar-refractivity contribution in [2.45, 2.75) is 6.10 Å². The Morgan fingerprint density at radius 1 is 1.32 bits per heavy atom. The highest BCUT2D eigenvalue weighted by Crippen LogP contribution is 2.22. The number of nitrogens with zero attached hydrogens (tertiary/aromatic N) is 3. The van der Waals surface area contributed by atoms with Gasteiger partial charge in [-0.05, 0) is 12.1 Å². The molecule has 22 heavy (non-hydrogen) atoms. The molecule has 0 saturated carbocycles. The molecule has 0 amide bonds. The third kappa shape index (κ3) is 2.68. The van der Waals surface area contributed by atoms with Crippen molar-refractivity contribution in [2.75, 3.05) is 11.9 Å². The van der Waals surface area contributed by atoms with Crippen LogP contribution in [-0.4, -0.2) is 26.2 Å². The molecule has 114 valence electrons. The number of nitrogens with one attached hydrogen (secondary N) is 1. The lowest BCUT2D eigenvalue weighted by molar-refractivity contribution is 0.181. The number of hydrogen-bond acceptors (Lipinski definition) is 6. The van der Waals surface area contributed by atoms with Crippen LogP contribution in [0.4, 0.5) is 13.9 Å². The lowest BCUT2D eigenvalue weighted by Crippen LogP contribution is -2.16. The molecular weight excluding hydrogens is 314 g/mol. The summed E-state index contributed by atoms with van der Waals surface area (Å²) >= 11 is 1.09. The highest BCUT2D eigenvalue weighted by molar-refractivity contribution is 7.20. The summed E-state index contributed by atoms with van der Waals surface area (Å²) in [6, 6.07) is 4.63. The molecule has 2 heterocycles. The summed E-state index contributed by atoms with van der Waals surface area (Å²) in [6.45, 7) is -0.160. The quantitative estimate of drug-likeness (QED) is 0.762. The predicted molar refractivity (Wildman–Crippen MR) is 76.9 cm³/mol. The van der Waals surface area contributed by atoms with E-state index in [1.54, 1.807) is 0 Å². The molecule has 1 aromatic carbocycles. The van der Waals surface area contributed by atoms with Gasteiger partial charge >= 0.3 is 0 Å². The summed E-state index contributed by atoms with van der Waals surface area (Å²) in [5, 5.41) is 16.9. The molecule has 9 heteroatoms. The monoisotopic (exact) mass is 324 g/mol. The first-order valence-electron chi connectivity index (χ1n) is 6.27. The van der Waals surface area contributed by atoms with E-state index >= 15 is 0 Å². The van der Waals surface area contributed by atoms with E-state index in [0.717, 1.165) is 28.0 Å². The van der Waals surface area contributed by atoms with E-state index in [9.17, 15) is 18.7 Å². The molecule has 1 atom stereocenters. The molecule has 0 bridgehead atoms. The molecular formula is C13H10F2N4O2S. The van der Waals surface area contributed by atoms with Crippen molar-refractivity contribution >= 4 is 21.4 Å². The normalized spacial score (nSPS) is 12.5. The Morgan fingerprint density at radius 2 is 2.05 bits per heavy atom. The van der Waals surface area contributed by atoms with Gasteiger partial charge in [0.05, 0.1) is 5.56 Å². The molecule has 0 radical (unpaired) electrons. The number of rotatable bonds is 4. The highest BCUT2D eigenvalue weighted by Gasteiger charge is 2.18. The maximum Gasteiger partial charge on any atom is 0.275 e.